The first-order valence-corrected chi connectivity index (χ1v) is 7.86. The summed E-state index contributed by atoms with van der Waals surface area (Å²) >= 11 is 3.41. The molecular formula is C14H16N2OS2. The van der Waals surface area contributed by atoms with Crippen molar-refractivity contribution in [2.45, 2.75) is 26.4 Å². The summed E-state index contributed by atoms with van der Waals surface area (Å²) in [7, 11) is 0. The smallest absolute Gasteiger partial charge is 0.130 e. The molecule has 0 spiro atoms. The van der Waals surface area contributed by atoms with Gasteiger partial charge in [0.05, 0.1) is 19.9 Å². The van der Waals surface area contributed by atoms with Crippen LogP contribution in [0.25, 0.3) is 20.3 Å². The largest absolute Gasteiger partial charge is 0.486 e. The number of thiophene rings is 1. The Labute approximate surface area is 120 Å². The molecule has 0 amide bonds. The molecule has 5 heteroatoms. The maximum absolute atomic E-state index is 6.10. The van der Waals surface area contributed by atoms with E-state index >= 15 is 0 Å². The van der Waals surface area contributed by atoms with E-state index < -0.39 is 0 Å². The van der Waals surface area contributed by atoms with Crippen molar-refractivity contribution in [3.63, 3.8) is 0 Å². The number of nitrogens with zero attached hydrogens (tertiary/aromatic N) is 1. The molecule has 0 atom stereocenters. The van der Waals surface area contributed by atoms with Gasteiger partial charge in [0, 0.05) is 18.0 Å². The zero-order valence-electron chi connectivity index (χ0n) is 11.2. The number of fused-ring (bicyclic) bond motifs is 3. The Morgan fingerprint density at radius 1 is 1.42 bits per heavy atom. The van der Waals surface area contributed by atoms with Gasteiger partial charge >= 0.3 is 0 Å². The van der Waals surface area contributed by atoms with E-state index in [0.717, 1.165) is 21.7 Å². The third-order valence-electron chi connectivity index (χ3n) is 3.05. The zero-order valence-corrected chi connectivity index (χ0v) is 12.8. The van der Waals surface area contributed by atoms with Crippen molar-refractivity contribution < 1.29 is 4.74 Å². The van der Waals surface area contributed by atoms with E-state index in [-0.39, 0.29) is 5.60 Å². The highest BCUT2D eigenvalue weighted by atomic mass is 32.1. The Balaban J connectivity index is 2.24. The lowest BCUT2D eigenvalue weighted by molar-refractivity contribution is 0.121. The first-order chi connectivity index (χ1) is 9.00. The summed E-state index contributed by atoms with van der Waals surface area (Å²) in [6.45, 7) is 6.54. The number of rotatable bonds is 3. The number of thiazole rings is 1. The van der Waals surface area contributed by atoms with Crippen molar-refractivity contribution >= 4 is 43.0 Å². The fourth-order valence-electron chi connectivity index (χ4n) is 2.01. The minimum Gasteiger partial charge on any atom is -0.486 e. The van der Waals surface area contributed by atoms with Crippen LogP contribution in [0.2, 0.25) is 0 Å². The van der Waals surface area contributed by atoms with Crippen LogP contribution in [0.1, 0.15) is 18.9 Å². The SMILES string of the molecule is Cc1nc2c(cc(OC(C)(C)CN)c3ccsc32)s1. The second-order valence-corrected chi connectivity index (χ2v) is 7.33. The highest BCUT2D eigenvalue weighted by molar-refractivity contribution is 7.21. The minimum atomic E-state index is -0.359. The van der Waals surface area contributed by atoms with Crippen LogP contribution in [0.5, 0.6) is 5.75 Å². The average Bonchev–Trinajstić information content (AvgIpc) is 2.94. The van der Waals surface area contributed by atoms with Crippen LogP contribution in [0, 0.1) is 6.92 Å². The summed E-state index contributed by atoms with van der Waals surface area (Å²) in [5.41, 5.74) is 6.49. The molecule has 3 nitrogen and oxygen atoms in total. The number of nitrogens with two attached hydrogens (primary N) is 1. The van der Waals surface area contributed by atoms with Crippen molar-refractivity contribution in [2.24, 2.45) is 5.73 Å². The van der Waals surface area contributed by atoms with E-state index in [1.54, 1.807) is 22.7 Å². The van der Waals surface area contributed by atoms with E-state index in [4.69, 9.17) is 10.5 Å². The van der Waals surface area contributed by atoms with E-state index in [1.165, 1.54) is 9.40 Å². The summed E-state index contributed by atoms with van der Waals surface area (Å²) in [6.07, 6.45) is 0. The van der Waals surface area contributed by atoms with Gasteiger partial charge in [-0.1, -0.05) is 0 Å². The van der Waals surface area contributed by atoms with Gasteiger partial charge < -0.3 is 10.5 Å². The monoisotopic (exact) mass is 292 g/mol. The van der Waals surface area contributed by atoms with Crippen molar-refractivity contribution in [3.05, 3.63) is 22.5 Å². The van der Waals surface area contributed by atoms with Crippen LogP contribution < -0.4 is 10.5 Å². The summed E-state index contributed by atoms with van der Waals surface area (Å²) in [5, 5.41) is 4.30. The Hall–Kier alpha value is -1.17. The first-order valence-electron chi connectivity index (χ1n) is 6.16. The molecule has 1 aromatic carbocycles. The Kier molecular flexibility index (Phi) is 3.00. The van der Waals surface area contributed by atoms with Gasteiger partial charge in [-0.15, -0.1) is 22.7 Å². The van der Waals surface area contributed by atoms with E-state index in [1.807, 2.05) is 20.8 Å². The molecule has 2 aromatic heterocycles. The lowest BCUT2D eigenvalue weighted by Crippen LogP contribution is -2.37. The highest BCUT2D eigenvalue weighted by Crippen LogP contribution is 2.39. The number of hydrogen-bond acceptors (Lipinski definition) is 5. The summed E-state index contributed by atoms with van der Waals surface area (Å²) in [5.74, 6) is 0.905. The Morgan fingerprint density at radius 2 is 2.21 bits per heavy atom. The molecule has 2 heterocycles. The minimum absolute atomic E-state index is 0.359. The number of hydrogen-bond donors (Lipinski definition) is 1. The van der Waals surface area contributed by atoms with Crippen molar-refractivity contribution in [1.29, 1.82) is 0 Å². The highest BCUT2D eigenvalue weighted by Gasteiger charge is 2.20. The number of aromatic nitrogens is 1. The standard InChI is InChI=1S/C14H16N2OS2/c1-8-16-12-11(19-8)6-10(17-14(2,3)7-15)9-4-5-18-13(9)12/h4-6H,7,15H2,1-3H3. The van der Waals surface area contributed by atoms with Gasteiger partial charge in [-0.25, -0.2) is 4.98 Å². The molecule has 2 N–H and O–H groups in total. The maximum atomic E-state index is 6.10. The lowest BCUT2D eigenvalue weighted by Gasteiger charge is -2.25. The number of aryl methyl sites for hydroxylation is 1. The van der Waals surface area contributed by atoms with Gasteiger partial charge in [0.2, 0.25) is 0 Å². The molecule has 0 unspecified atom stereocenters. The molecule has 0 saturated carbocycles. The maximum Gasteiger partial charge on any atom is 0.130 e. The molecule has 0 radical (unpaired) electrons. The molecule has 0 fully saturated rings. The van der Waals surface area contributed by atoms with E-state index in [0.29, 0.717) is 6.54 Å². The second kappa shape index (κ2) is 4.44. The molecule has 0 aliphatic heterocycles. The van der Waals surface area contributed by atoms with Gasteiger partial charge in [-0.05, 0) is 32.2 Å². The van der Waals surface area contributed by atoms with Crippen molar-refractivity contribution in [2.75, 3.05) is 6.54 Å². The van der Waals surface area contributed by atoms with Crippen molar-refractivity contribution in [1.82, 2.24) is 4.98 Å². The van der Waals surface area contributed by atoms with Gasteiger partial charge in [-0.3, -0.25) is 0 Å². The lowest BCUT2D eigenvalue weighted by atomic mass is 10.1. The number of ether oxygens (including phenoxy) is 1. The predicted octanol–water partition coefficient (Wildman–Crippen LogP) is 3.94. The molecule has 19 heavy (non-hydrogen) atoms. The normalized spacial score (nSPS) is 12.4. The van der Waals surface area contributed by atoms with Gasteiger partial charge in [0.1, 0.15) is 11.4 Å². The van der Waals surface area contributed by atoms with Crippen LogP contribution in [-0.2, 0) is 0 Å². The second-order valence-electron chi connectivity index (χ2n) is 5.18. The Morgan fingerprint density at radius 3 is 2.95 bits per heavy atom. The van der Waals surface area contributed by atoms with Crippen LogP contribution in [0.4, 0.5) is 0 Å². The Bertz CT molecular complexity index is 742. The molecule has 0 saturated heterocycles. The quantitative estimate of drug-likeness (QED) is 0.795. The first kappa shape index (κ1) is 12.8. The third kappa shape index (κ3) is 2.22. The zero-order chi connectivity index (χ0) is 13.6. The van der Waals surface area contributed by atoms with Crippen LogP contribution in [0.15, 0.2) is 17.5 Å². The van der Waals surface area contributed by atoms with Crippen LogP contribution in [0.3, 0.4) is 0 Å². The predicted molar refractivity (Wildman–Crippen MR) is 83.5 cm³/mol. The molecule has 0 bridgehead atoms. The summed E-state index contributed by atoms with van der Waals surface area (Å²) in [6, 6.07) is 4.18. The topological polar surface area (TPSA) is 48.1 Å². The van der Waals surface area contributed by atoms with Crippen LogP contribution in [-0.4, -0.2) is 17.1 Å². The summed E-state index contributed by atoms with van der Waals surface area (Å²) < 4.78 is 8.48. The molecule has 3 rings (SSSR count). The molecule has 3 aromatic rings. The average molecular weight is 292 g/mol. The molecule has 0 aliphatic carbocycles. The molecule has 100 valence electrons. The summed E-state index contributed by atoms with van der Waals surface area (Å²) in [4.78, 5) is 4.62. The fraction of sp³-hybridized carbons (Fsp3) is 0.357. The van der Waals surface area contributed by atoms with E-state index in [9.17, 15) is 0 Å². The molecular weight excluding hydrogens is 276 g/mol. The molecule has 0 aliphatic rings. The van der Waals surface area contributed by atoms with Gasteiger partial charge in [0.15, 0.2) is 0 Å². The van der Waals surface area contributed by atoms with E-state index in [2.05, 4.69) is 22.5 Å². The van der Waals surface area contributed by atoms with Gasteiger partial charge in [0.25, 0.3) is 0 Å². The van der Waals surface area contributed by atoms with Crippen LogP contribution >= 0.6 is 22.7 Å². The number of benzene rings is 1. The fourth-order valence-corrected chi connectivity index (χ4v) is 3.84. The van der Waals surface area contributed by atoms with Crippen molar-refractivity contribution in [3.8, 4) is 5.75 Å². The van der Waals surface area contributed by atoms with Gasteiger partial charge in [-0.2, -0.15) is 0 Å². The third-order valence-corrected chi connectivity index (χ3v) is 4.89.